The Morgan fingerprint density at radius 3 is 2.67 bits per heavy atom. The van der Waals surface area contributed by atoms with Crippen LogP contribution in [0.5, 0.6) is 0 Å². The highest BCUT2D eigenvalue weighted by atomic mass is 32.2. The maximum atomic E-state index is 11.1. The summed E-state index contributed by atoms with van der Waals surface area (Å²) in [6.07, 6.45) is 0.654. The average Bonchev–Trinajstić information content (AvgIpc) is 2.32. The van der Waals surface area contributed by atoms with E-state index < -0.39 is 16.1 Å². The van der Waals surface area contributed by atoms with Gasteiger partial charge in [0.1, 0.15) is 0 Å². The highest BCUT2D eigenvalue weighted by Crippen LogP contribution is 2.06. The maximum absolute atomic E-state index is 11.1. The van der Waals surface area contributed by atoms with Crippen molar-refractivity contribution in [1.29, 1.82) is 0 Å². The number of rotatable bonds is 2. The lowest BCUT2D eigenvalue weighted by molar-refractivity contribution is -0.122. The predicted octanol–water partition coefficient (Wildman–Crippen LogP) is -2.08. The normalized spacial score (nSPS) is 23.9. The molecule has 1 aliphatic heterocycles. The molecule has 0 radical (unpaired) electrons. The molecule has 1 rings (SSSR count). The molecule has 1 aliphatic rings. The minimum atomic E-state index is -3.89. The standard InChI is InChI=1S/C5H11N3O3S/c6-12(10,11)8-5(9)4-1-2-7-3-4/h4,7H,1-3H2,(H,8,9)(H2,6,10,11). The van der Waals surface area contributed by atoms with Crippen LogP contribution in [0.2, 0.25) is 0 Å². The number of nitrogens with one attached hydrogen (secondary N) is 2. The largest absolute Gasteiger partial charge is 0.316 e. The van der Waals surface area contributed by atoms with E-state index in [1.165, 1.54) is 0 Å². The van der Waals surface area contributed by atoms with E-state index in [9.17, 15) is 13.2 Å². The molecule has 7 heteroatoms. The first-order valence-corrected chi connectivity index (χ1v) is 5.09. The summed E-state index contributed by atoms with van der Waals surface area (Å²) in [4.78, 5) is 11.1. The van der Waals surface area contributed by atoms with Gasteiger partial charge in [0.25, 0.3) is 10.2 Å². The molecule has 70 valence electrons. The second-order valence-corrected chi connectivity index (χ2v) is 4.00. The van der Waals surface area contributed by atoms with Crippen molar-refractivity contribution in [2.45, 2.75) is 6.42 Å². The third-order valence-corrected chi connectivity index (χ3v) is 2.16. The smallest absolute Gasteiger partial charge is 0.298 e. The van der Waals surface area contributed by atoms with Crippen molar-refractivity contribution >= 4 is 16.1 Å². The van der Waals surface area contributed by atoms with Crippen molar-refractivity contribution in [1.82, 2.24) is 10.0 Å². The summed E-state index contributed by atoms with van der Waals surface area (Å²) in [5, 5.41) is 7.57. The van der Waals surface area contributed by atoms with Crippen LogP contribution in [0.15, 0.2) is 0 Å². The second-order valence-electron chi connectivity index (χ2n) is 2.70. The van der Waals surface area contributed by atoms with Crippen LogP contribution >= 0.6 is 0 Å². The minimum absolute atomic E-state index is 0.275. The fourth-order valence-corrected chi connectivity index (χ4v) is 1.55. The number of nitrogens with two attached hydrogens (primary N) is 1. The van der Waals surface area contributed by atoms with Crippen molar-refractivity contribution < 1.29 is 13.2 Å². The summed E-state index contributed by atoms with van der Waals surface area (Å²) >= 11 is 0. The van der Waals surface area contributed by atoms with Crippen LogP contribution in [0, 0.1) is 5.92 Å². The lowest BCUT2D eigenvalue weighted by Crippen LogP contribution is -2.40. The lowest BCUT2D eigenvalue weighted by atomic mass is 10.1. The molecule has 6 nitrogen and oxygen atoms in total. The van der Waals surface area contributed by atoms with E-state index in [1.807, 2.05) is 0 Å². The number of hydrogen-bond donors (Lipinski definition) is 3. The monoisotopic (exact) mass is 193 g/mol. The van der Waals surface area contributed by atoms with E-state index >= 15 is 0 Å². The summed E-state index contributed by atoms with van der Waals surface area (Å²) in [6.45, 7) is 1.25. The van der Waals surface area contributed by atoms with Crippen LogP contribution in [0.4, 0.5) is 0 Å². The molecule has 0 spiro atoms. The summed E-state index contributed by atoms with van der Waals surface area (Å²) in [5.74, 6) is -0.800. The van der Waals surface area contributed by atoms with Gasteiger partial charge in [0.15, 0.2) is 0 Å². The van der Waals surface area contributed by atoms with Gasteiger partial charge in [-0.05, 0) is 13.0 Å². The number of amides is 1. The SMILES string of the molecule is NS(=O)(=O)NC(=O)C1CCNC1. The van der Waals surface area contributed by atoms with Gasteiger partial charge in [0.2, 0.25) is 5.91 Å². The van der Waals surface area contributed by atoms with Crippen LogP contribution in [0.3, 0.4) is 0 Å². The Kier molecular flexibility index (Phi) is 2.65. The van der Waals surface area contributed by atoms with Gasteiger partial charge < -0.3 is 5.32 Å². The van der Waals surface area contributed by atoms with Gasteiger partial charge in [-0.15, -0.1) is 0 Å². The summed E-state index contributed by atoms with van der Waals surface area (Å²) in [7, 11) is -3.89. The van der Waals surface area contributed by atoms with Gasteiger partial charge >= 0.3 is 0 Å². The molecule has 0 aromatic heterocycles. The zero-order valence-electron chi connectivity index (χ0n) is 6.41. The first-order chi connectivity index (χ1) is 5.49. The van der Waals surface area contributed by atoms with Crippen molar-refractivity contribution in [2.24, 2.45) is 11.1 Å². The molecular formula is C5H11N3O3S. The molecule has 0 aliphatic carbocycles. The average molecular weight is 193 g/mol. The topological polar surface area (TPSA) is 101 Å². The van der Waals surface area contributed by atoms with Gasteiger partial charge in [0.05, 0.1) is 5.92 Å². The van der Waals surface area contributed by atoms with Gasteiger partial charge in [-0.1, -0.05) is 0 Å². The van der Waals surface area contributed by atoms with Crippen molar-refractivity contribution in [3.8, 4) is 0 Å². The van der Waals surface area contributed by atoms with Gasteiger partial charge in [-0.3, -0.25) is 4.79 Å². The lowest BCUT2D eigenvalue weighted by Gasteiger charge is -2.06. The molecule has 1 saturated heterocycles. The van der Waals surface area contributed by atoms with E-state index in [2.05, 4.69) is 10.5 Å². The van der Waals surface area contributed by atoms with E-state index in [0.717, 1.165) is 6.54 Å². The first-order valence-electron chi connectivity index (χ1n) is 3.54. The summed E-state index contributed by atoms with van der Waals surface area (Å²) in [5.41, 5.74) is 0. The van der Waals surface area contributed by atoms with Crippen molar-refractivity contribution in [2.75, 3.05) is 13.1 Å². The molecule has 1 unspecified atom stereocenters. The molecule has 1 fully saturated rings. The zero-order valence-corrected chi connectivity index (χ0v) is 7.23. The Balaban J connectivity index is 2.48. The Morgan fingerprint density at radius 2 is 2.25 bits per heavy atom. The van der Waals surface area contributed by atoms with E-state index in [0.29, 0.717) is 13.0 Å². The van der Waals surface area contributed by atoms with Gasteiger partial charge in [0, 0.05) is 6.54 Å². The Labute approximate surface area is 70.7 Å². The van der Waals surface area contributed by atoms with Crippen LogP contribution in [0.1, 0.15) is 6.42 Å². The predicted molar refractivity (Wildman–Crippen MR) is 42.2 cm³/mol. The molecule has 0 aromatic carbocycles. The molecule has 1 heterocycles. The van der Waals surface area contributed by atoms with Crippen LogP contribution in [-0.4, -0.2) is 27.4 Å². The third kappa shape index (κ3) is 2.76. The zero-order chi connectivity index (χ0) is 9.19. The fourth-order valence-electron chi connectivity index (χ4n) is 1.10. The van der Waals surface area contributed by atoms with Crippen LogP contribution in [0.25, 0.3) is 0 Å². The molecule has 1 atom stereocenters. The molecule has 4 N–H and O–H groups in total. The molecule has 12 heavy (non-hydrogen) atoms. The summed E-state index contributed by atoms with van der Waals surface area (Å²) in [6, 6.07) is 0. The van der Waals surface area contributed by atoms with Gasteiger partial charge in [-0.25, -0.2) is 9.86 Å². The van der Waals surface area contributed by atoms with Crippen molar-refractivity contribution in [3.05, 3.63) is 0 Å². The van der Waals surface area contributed by atoms with E-state index in [-0.39, 0.29) is 5.92 Å². The molecule has 1 amide bonds. The number of carbonyl (C=O) groups excluding carboxylic acids is 1. The van der Waals surface area contributed by atoms with E-state index in [1.54, 1.807) is 4.72 Å². The fraction of sp³-hybridized carbons (Fsp3) is 0.800. The van der Waals surface area contributed by atoms with Crippen LogP contribution in [-0.2, 0) is 15.0 Å². The maximum Gasteiger partial charge on any atom is 0.298 e. The Hall–Kier alpha value is -0.660. The van der Waals surface area contributed by atoms with E-state index in [4.69, 9.17) is 0 Å². The summed E-state index contributed by atoms with van der Waals surface area (Å²) < 4.78 is 22.6. The first kappa shape index (κ1) is 9.43. The Morgan fingerprint density at radius 1 is 1.58 bits per heavy atom. The molecule has 0 bridgehead atoms. The third-order valence-electron chi connectivity index (χ3n) is 1.67. The molecule has 0 aromatic rings. The van der Waals surface area contributed by atoms with Crippen molar-refractivity contribution in [3.63, 3.8) is 0 Å². The van der Waals surface area contributed by atoms with Gasteiger partial charge in [-0.2, -0.15) is 8.42 Å². The minimum Gasteiger partial charge on any atom is -0.316 e. The molecule has 0 saturated carbocycles. The number of hydrogen-bond acceptors (Lipinski definition) is 4. The molecular weight excluding hydrogens is 182 g/mol. The highest BCUT2D eigenvalue weighted by Gasteiger charge is 2.24. The number of carbonyl (C=O) groups is 1. The quantitative estimate of drug-likeness (QED) is 0.468. The van der Waals surface area contributed by atoms with Crippen LogP contribution < -0.4 is 15.2 Å². The Bertz CT molecular complexity index is 268. The second kappa shape index (κ2) is 3.38. The highest BCUT2D eigenvalue weighted by molar-refractivity contribution is 7.87.